The van der Waals surface area contributed by atoms with E-state index in [4.69, 9.17) is 4.74 Å². The molecular formula is C17H18N2O3. The zero-order valence-electron chi connectivity index (χ0n) is 12.3. The predicted octanol–water partition coefficient (Wildman–Crippen LogP) is 2.30. The van der Waals surface area contributed by atoms with Crippen LogP contribution in [0.1, 0.15) is 12.5 Å². The van der Waals surface area contributed by atoms with Gasteiger partial charge >= 0.3 is 5.97 Å². The summed E-state index contributed by atoms with van der Waals surface area (Å²) in [4.78, 5) is 23.4. The Hall–Kier alpha value is -2.82. The second-order valence-electron chi connectivity index (χ2n) is 4.74. The lowest BCUT2D eigenvalue weighted by molar-refractivity contribution is -0.148. The van der Waals surface area contributed by atoms with E-state index in [0.29, 0.717) is 0 Å². The van der Waals surface area contributed by atoms with E-state index in [2.05, 4.69) is 10.6 Å². The second-order valence-corrected chi connectivity index (χ2v) is 4.74. The highest BCUT2D eigenvalue weighted by Crippen LogP contribution is 2.08. The fourth-order valence-electron chi connectivity index (χ4n) is 1.87. The van der Waals surface area contributed by atoms with Gasteiger partial charge in [-0.25, -0.2) is 4.79 Å². The number of carbonyl (C=O) groups is 2. The van der Waals surface area contributed by atoms with Gasteiger partial charge in [0.05, 0.1) is 0 Å². The van der Waals surface area contributed by atoms with Gasteiger partial charge in [-0.15, -0.1) is 0 Å². The van der Waals surface area contributed by atoms with Gasteiger partial charge in [0, 0.05) is 12.6 Å². The molecule has 2 N–H and O–H groups in total. The van der Waals surface area contributed by atoms with Crippen molar-refractivity contribution in [1.29, 1.82) is 0 Å². The van der Waals surface area contributed by atoms with Crippen LogP contribution in [0.3, 0.4) is 0 Å². The molecule has 0 radical (unpaired) electrons. The fourth-order valence-corrected chi connectivity index (χ4v) is 1.87. The maximum absolute atomic E-state index is 12.2. The van der Waals surface area contributed by atoms with Crippen LogP contribution in [0.25, 0.3) is 0 Å². The van der Waals surface area contributed by atoms with Crippen LogP contribution >= 0.6 is 0 Å². The summed E-state index contributed by atoms with van der Waals surface area (Å²) >= 11 is 0. The van der Waals surface area contributed by atoms with Crippen molar-refractivity contribution < 1.29 is 14.3 Å². The lowest BCUT2D eigenvalue weighted by Gasteiger charge is -2.19. The summed E-state index contributed by atoms with van der Waals surface area (Å²) in [6.07, 6.45) is -0.927. The fraction of sp³-hybridized carbons (Fsp3) is 0.176. The molecular weight excluding hydrogens is 280 g/mol. The summed E-state index contributed by atoms with van der Waals surface area (Å²) in [6.45, 7) is 1.51. The van der Waals surface area contributed by atoms with Gasteiger partial charge in [-0.3, -0.25) is 4.79 Å². The van der Waals surface area contributed by atoms with E-state index in [1.165, 1.54) is 6.92 Å². The Morgan fingerprint density at radius 2 is 1.59 bits per heavy atom. The van der Waals surface area contributed by atoms with Crippen molar-refractivity contribution in [1.82, 2.24) is 5.32 Å². The summed E-state index contributed by atoms with van der Waals surface area (Å²) in [6, 6.07) is 18.5. The number of para-hydroxylation sites is 1. The Labute approximate surface area is 129 Å². The van der Waals surface area contributed by atoms with E-state index >= 15 is 0 Å². The van der Waals surface area contributed by atoms with Crippen LogP contribution in [-0.2, 0) is 20.9 Å². The van der Waals surface area contributed by atoms with Gasteiger partial charge < -0.3 is 15.4 Å². The lowest BCUT2D eigenvalue weighted by atomic mass is 10.2. The van der Waals surface area contributed by atoms with E-state index in [1.807, 2.05) is 48.5 Å². The molecule has 5 nitrogen and oxygen atoms in total. The molecule has 1 amide bonds. The third-order valence-corrected chi connectivity index (χ3v) is 2.89. The summed E-state index contributed by atoms with van der Waals surface area (Å²) in [5.74, 6) is -0.854. The van der Waals surface area contributed by atoms with E-state index < -0.39 is 12.1 Å². The summed E-state index contributed by atoms with van der Waals surface area (Å²) in [7, 11) is 0. The van der Waals surface area contributed by atoms with E-state index in [0.717, 1.165) is 11.3 Å². The third-order valence-electron chi connectivity index (χ3n) is 2.89. The molecule has 1 unspecified atom stereocenters. The average molecular weight is 298 g/mol. The van der Waals surface area contributed by atoms with Crippen LogP contribution in [0.5, 0.6) is 0 Å². The molecule has 2 aromatic carbocycles. The average Bonchev–Trinajstić information content (AvgIpc) is 2.53. The molecule has 1 atom stereocenters. The highest BCUT2D eigenvalue weighted by molar-refractivity contribution is 5.85. The van der Waals surface area contributed by atoms with Gasteiger partial charge in [-0.1, -0.05) is 48.5 Å². The molecule has 5 heteroatoms. The molecule has 0 aromatic heterocycles. The van der Waals surface area contributed by atoms with Gasteiger partial charge in [-0.05, 0) is 17.7 Å². The molecule has 0 saturated carbocycles. The number of hydrogen-bond acceptors (Lipinski definition) is 4. The first-order valence-corrected chi connectivity index (χ1v) is 6.94. The highest BCUT2D eigenvalue weighted by Gasteiger charge is 2.20. The summed E-state index contributed by atoms with van der Waals surface area (Å²) in [5, 5.41) is 5.48. The van der Waals surface area contributed by atoms with Crippen molar-refractivity contribution in [3.63, 3.8) is 0 Å². The molecule has 0 spiro atoms. The van der Waals surface area contributed by atoms with E-state index in [1.54, 1.807) is 12.1 Å². The molecule has 0 fully saturated rings. The minimum atomic E-state index is -0.927. The monoisotopic (exact) mass is 298 g/mol. The van der Waals surface area contributed by atoms with Crippen LogP contribution in [0.15, 0.2) is 60.7 Å². The van der Waals surface area contributed by atoms with Crippen molar-refractivity contribution in [2.24, 2.45) is 0 Å². The number of anilines is 1. The Bertz CT molecular complexity index is 614. The summed E-state index contributed by atoms with van der Waals surface area (Å²) < 4.78 is 5.25. The molecule has 0 aliphatic heterocycles. The van der Waals surface area contributed by atoms with Gasteiger partial charge in [0.2, 0.25) is 5.91 Å². The van der Waals surface area contributed by atoms with Gasteiger partial charge in [-0.2, -0.15) is 0 Å². The Morgan fingerprint density at radius 1 is 1.00 bits per heavy atom. The van der Waals surface area contributed by atoms with E-state index in [9.17, 15) is 9.59 Å². The molecule has 0 saturated heterocycles. The molecule has 114 valence electrons. The predicted molar refractivity (Wildman–Crippen MR) is 83.9 cm³/mol. The minimum Gasteiger partial charge on any atom is -0.458 e. The number of ether oxygens (including phenoxy) is 1. The Balaban J connectivity index is 1.98. The summed E-state index contributed by atoms with van der Waals surface area (Å²) in [5.41, 5.74) is 1.61. The van der Waals surface area contributed by atoms with Gasteiger partial charge in [0.15, 0.2) is 6.17 Å². The zero-order chi connectivity index (χ0) is 15.8. The maximum atomic E-state index is 12.2. The van der Waals surface area contributed by atoms with Crippen LogP contribution < -0.4 is 10.6 Å². The lowest BCUT2D eigenvalue weighted by Crippen LogP contribution is -2.46. The SMILES string of the molecule is CC(=O)NC(Nc1ccccc1)C(=O)OCc1ccccc1. The van der Waals surface area contributed by atoms with Crippen molar-refractivity contribution in [2.75, 3.05) is 5.32 Å². The number of esters is 1. The van der Waals surface area contributed by atoms with Gasteiger partial charge in [0.1, 0.15) is 6.61 Å². The van der Waals surface area contributed by atoms with Crippen molar-refractivity contribution in [2.45, 2.75) is 19.7 Å². The number of hydrogen-bond donors (Lipinski definition) is 2. The molecule has 2 rings (SSSR count). The first-order valence-electron chi connectivity index (χ1n) is 6.94. The number of rotatable bonds is 6. The first kappa shape index (κ1) is 15.6. The zero-order valence-corrected chi connectivity index (χ0v) is 12.3. The smallest absolute Gasteiger partial charge is 0.349 e. The Morgan fingerprint density at radius 3 is 2.18 bits per heavy atom. The van der Waals surface area contributed by atoms with Crippen LogP contribution in [0.2, 0.25) is 0 Å². The largest absolute Gasteiger partial charge is 0.458 e. The van der Waals surface area contributed by atoms with Gasteiger partial charge in [0.25, 0.3) is 0 Å². The van der Waals surface area contributed by atoms with Crippen LogP contribution in [-0.4, -0.2) is 18.0 Å². The Kier molecular flexibility index (Phi) is 5.54. The molecule has 0 bridgehead atoms. The standard InChI is InChI=1S/C17H18N2O3/c1-13(20)18-16(19-15-10-6-3-7-11-15)17(21)22-12-14-8-4-2-5-9-14/h2-11,16,19H,12H2,1H3,(H,18,20). The number of nitrogens with one attached hydrogen (secondary N) is 2. The van der Waals surface area contributed by atoms with E-state index in [-0.39, 0.29) is 12.5 Å². The van der Waals surface area contributed by atoms with Crippen molar-refractivity contribution in [3.05, 3.63) is 66.2 Å². The van der Waals surface area contributed by atoms with Crippen LogP contribution in [0, 0.1) is 0 Å². The molecule has 22 heavy (non-hydrogen) atoms. The first-order chi connectivity index (χ1) is 10.6. The van der Waals surface area contributed by atoms with Crippen molar-refractivity contribution >= 4 is 17.6 Å². The maximum Gasteiger partial charge on any atom is 0.349 e. The third kappa shape index (κ3) is 4.94. The molecule has 0 aliphatic carbocycles. The number of benzene rings is 2. The van der Waals surface area contributed by atoms with Crippen molar-refractivity contribution in [3.8, 4) is 0 Å². The molecule has 0 aliphatic rings. The van der Waals surface area contributed by atoms with Crippen LogP contribution in [0.4, 0.5) is 5.69 Å². The quantitative estimate of drug-likeness (QED) is 0.634. The molecule has 0 heterocycles. The second kappa shape index (κ2) is 7.83. The topological polar surface area (TPSA) is 67.4 Å². The minimum absolute atomic E-state index is 0.159. The number of carbonyl (C=O) groups excluding carboxylic acids is 2. The highest BCUT2D eigenvalue weighted by atomic mass is 16.5. The normalized spacial score (nSPS) is 11.3. The number of amides is 1. The molecule has 2 aromatic rings.